The summed E-state index contributed by atoms with van der Waals surface area (Å²) in [6.45, 7) is 3.81. The number of thioether (sulfide) groups is 1. The number of amides is 2. The average molecular weight is 672 g/mol. The molecule has 242 valence electrons. The summed E-state index contributed by atoms with van der Waals surface area (Å²) in [6, 6.07) is 19.6. The lowest BCUT2D eigenvalue weighted by Crippen LogP contribution is -2.54. The molecule has 0 heterocycles. The summed E-state index contributed by atoms with van der Waals surface area (Å²) in [6.07, 6.45) is 7.37. The number of benzene rings is 3. The van der Waals surface area contributed by atoms with E-state index < -0.39 is 28.5 Å². The number of halogens is 1. The Morgan fingerprint density at radius 2 is 1.60 bits per heavy atom. The van der Waals surface area contributed by atoms with Crippen molar-refractivity contribution in [1.82, 2.24) is 10.2 Å². The Bertz CT molecular complexity index is 1510. The van der Waals surface area contributed by atoms with Crippen LogP contribution in [-0.2, 0) is 26.2 Å². The van der Waals surface area contributed by atoms with Gasteiger partial charge < -0.3 is 15.0 Å². The van der Waals surface area contributed by atoms with Crippen molar-refractivity contribution >= 4 is 50.9 Å². The highest BCUT2D eigenvalue weighted by Crippen LogP contribution is 2.28. The van der Waals surface area contributed by atoms with E-state index >= 15 is 0 Å². The van der Waals surface area contributed by atoms with Gasteiger partial charge in [-0.15, -0.1) is 11.8 Å². The minimum atomic E-state index is -4.17. The highest BCUT2D eigenvalue weighted by atomic mass is 35.5. The Morgan fingerprint density at radius 1 is 0.956 bits per heavy atom. The van der Waals surface area contributed by atoms with Crippen LogP contribution in [0.25, 0.3) is 0 Å². The maximum Gasteiger partial charge on any atom is 0.264 e. The van der Waals surface area contributed by atoms with Crippen molar-refractivity contribution in [3.05, 3.63) is 83.4 Å². The molecule has 0 aromatic heterocycles. The highest BCUT2D eigenvalue weighted by Gasteiger charge is 2.34. The zero-order valence-corrected chi connectivity index (χ0v) is 28.5. The molecular formula is C34H42ClN3O5S2. The number of carbonyl (C=O) groups is 2. The molecule has 8 nitrogen and oxygen atoms in total. The van der Waals surface area contributed by atoms with Gasteiger partial charge in [0.2, 0.25) is 11.8 Å². The third-order valence-corrected chi connectivity index (χ3v) is 10.7. The van der Waals surface area contributed by atoms with Crippen LogP contribution in [-0.4, -0.2) is 56.6 Å². The molecule has 45 heavy (non-hydrogen) atoms. The summed E-state index contributed by atoms with van der Waals surface area (Å²) in [5.41, 5.74) is 1.09. The van der Waals surface area contributed by atoms with Crippen LogP contribution in [0.3, 0.4) is 0 Å². The highest BCUT2D eigenvalue weighted by molar-refractivity contribution is 7.98. The Hall–Kier alpha value is -3.21. The van der Waals surface area contributed by atoms with E-state index in [2.05, 4.69) is 5.32 Å². The fourth-order valence-corrected chi connectivity index (χ4v) is 7.48. The monoisotopic (exact) mass is 671 g/mol. The standard InChI is InChI=1S/C34H42ClN3O5S2/c1-4-32(34(40)36-27-9-7-6-8-10-27)37(23-25-11-13-26(35)14-12-25)33(39)24-38(28-15-17-29(18-16-28)43-5-2)45(41,42)31-21-19-30(44-3)20-22-31/h11-22,27,32H,4-10,23-24H2,1-3H3,(H,36,40)/t32-/m1/s1. The maximum absolute atomic E-state index is 14.3. The molecule has 1 aliphatic rings. The van der Waals surface area contributed by atoms with Gasteiger partial charge in [0, 0.05) is 22.5 Å². The molecule has 1 fully saturated rings. The lowest BCUT2D eigenvalue weighted by molar-refractivity contribution is -0.140. The van der Waals surface area contributed by atoms with Crippen LogP contribution in [0.5, 0.6) is 5.75 Å². The predicted molar refractivity (Wildman–Crippen MR) is 181 cm³/mol. The number of sulfonamides is 1. The molecule has 4 rings (SSSR count). The molecule has 0 spiro atoms. The van der Waals surface area contributed by atoms with Crippen molar-refractivity contribution in [3.8, 4) is 5.75 Å². The van der Waals surface area contributed by atoms with Gasteiger partial charge in [-0.1, -0.05) is 49.9 Å². The molecule has 1 aliphatic carbocycles. The summed E-state index contributed by atoms with van der Waals surface area (Å²) in [5.74, 6) is -0.132. The maximum atomic E-state index is 14.3. The van der Waals surface area contributed by atoms with Crippen molar-refractivity contribution in [1.29, 1.82) is 0 Å². The van der Waals surface area contributed by atoms with Gasteiger partial charge >= 0.3 is 0 Å². The molecule has 0 unspecified atom stereocenters. The van der Waals surface area contributed by atoms with E-state index in [4.69, 9.17) is 16.3 Å². The number of nitrogens with zero attached hydrogens (tertiary/aromatic N) is 2. The SMILES string of the molecule is CCOc1ccc(N(CC(=O)N(Cc2ccc(Cl)cc2)[C@H](CC)C(=O)NC2CCCCC2)S(=O)(=O)c2ccc(SC)cc2)cc1. The van der Waals surface area contributed by atoms with Gasteiger partial charge in [-0.3, -0.25) is 13.9 Å². The van der Waals surface area contributed by atoms with Gasteiger partial charge in [-0.25, -0.2) is 8.42 Å². The van der Waals surface area contributed by atoms with Crippen molar-refractivity contribution in [2.24, 2.45) is 0 Å². The zero-order chi connectivity index (χ0) is 32.4. The molecule has 1 saturated carbocycles. The first-order chi connectivity index (χ1) is 21.7. The van der Waals surface area contributed by atoms with E-state index in [1.807, 2.05) is 32.2 Å². The molecule has 0 radical (unpaired) electrons. The quantitative estimate of drug-likeness (QED) is 0.187. The number of hydrogen-bond donors (Lipinski definition) is 1. The smallest absolute Gasteiger partial charge is 0.264 e. The molecule has 1 N–H and O–H groups in total. The number of rotatable bonds is 14. The minimum Gasteiger partial charge on any atom is -0.494 e. The van der Waals surface area contributed by atoms with Gasteiger partial charge in [0.25, 0.3) is 10.0 Å². The normalized spacial score (nSPS) is 14.4. The second-order valence-corrected chi connectivity index (χ2v) is 14.2. The lowest BCUT2D eigenvalue weighted by atomic mass is 9.95. The molecule has 3 aromatic rings. The molecule has 2 amide bonds. The zero-order valence-electron chi connectivity index (χ0n) is 26.1. The Kier molecular flexibility index (Phi) is 12.6. The number of carbonyl (C=O) groups excluding carboxylic acids is 2. The van der Waals surface area contributed by atoms with Gasteiger partial charge in [0.15, 0.2) is 0 Å². The van der Waals surface area contributed by atoms with Crippen LogP contribution in [0.4, 0.5) is 5.69 Å². The molecular weight excluding hydrogens is 630 g/mol. The van der Waals surface area contributed by atoms with Crippen LogP contribution < -0.4 is 14.4 Å². The molecule has 0 aliphatic heterocycles. The van der Waals surface area contributed by atoms with Crippen molar-refractivity contribution in [2.45, 2.75) is 80.8 Å². The summed E-state index contributed by atoms with van der Waals surface area (Å²) in [5, 5.41) is 3.72. The second kappa shape index (κ2) is 16.4. The summed E-state index contributed by atoms with van der Waals surface area (Å²) < 4.78 is 35.0. The topological polar surface area (TPSA) is 96.0 Å². The van der Waals surface area contributed by atoms with Crippen molar-refractivity contribution in [2.75, 3.05) is 23.7 Å². The molecule has 1 atom stereocenters. The van der Waals surface area contributed by atoms with Crippen molar-refractivity contribution in [3.63, 3.8) is 0 Å². The number of anilines is 1. The Morgan fingerprint density at radius 3 is 2.18 bits per heavy atom. The van der Waals surface area contributed by atoms with Crippen LogP contribution in [0.1, 0.15) is 57.9 Å². The van der Waals surface area contributed by atoms with Gasteiger partial charge in [0.1, 0.15) is 18.3 Å². The Labute approximate surface area is 276 Å². The third kappa shape index (κ3) is 9.17. The number of hydrogen-bond acceptors (Lipinski definition) is 6. The first-order valence-electron chi connectivity index (χ1n) is 15.4. The largest absolute Gasteiger partial charge is 0.494 e. The fourth-order valence-electron chi connectivity index (χ4n) is 5.53. The lowest BCUT2D eigenvalue weighted by Gasteiger charge is -2.34. The van der Waals surface area contributed by atoms with E-state index in [9.17, 15) is 18.0 Å². The number of nitrogens with one attached hydrogen (secondary N) is 1. The fraction of sp³-hybridized carbons (Fsp3) is 0.412. The first-order valence-corrected chi connectivity index (χ1v) is 18.4. The second-order valence-electron chi connectivity index (χ2n) is 11.0. The van der Waals surface area contributed by atoms with E-state index in [0.29, 0.717) is 29.5 Å². The Balaban J connectivity index is 1.70. The van der Waals surface area contributed by atoms with Gasteiger partial charge in [0.05, 0.1) is 17.2 Å². The van der Waals surface area contributed by atoms with Crippen molar-refractivity contribution < 1.29 is 22.7 Å². The van der Waals surface area contributed by atoms with E-state index in [0.717, 1.165) is 46.9 Å². The predicted octanol–water partition coefficient (Wildman–Crippen LogP) is 6.91. The van der Waals surface area contributed by atoms with Crippen LogP contribution >= 0.6 is 23.4 Å². The van der Waals surface area contributed by atoms with Gasteiger partial charge in [-0.05, 0) is 98.7 Å². The van der Waals surface area contributed by atoms with Crippen LogP contribution in [0, 0.1) is 0 Å². The minimum absolute atomic E-state index is 0.0633. The van der Waals surface area contributed by atoms with E-state index in [1.54, 1.807) is 60.7 Å². The molecule has 3 aromatic carbocycles. The molecule has 0 saturated heterocycles. The third-order valence-electron chi connectivity index (χ3n) is 7.97. The average Bonchev–Trinajstić information content (AvgIpc) is 3.05. The van der Waals surface area contributed by atoms with Crippen LogP contribution in [0.15, 0.2) is 82.6 Å². The summed E-state index contributed by atoms with van der Waals surface area (Å²) in [7, 11) is -4.17. The van der Waals surface area contributed by atoms with E-state index in [-0.39, 0.29) is 23.4 Å². The number of ether oxygens (including phenoxy) is 1. The molecule has 11 heteroatoms. The van der Waals surface area contributed by atoms with Crippen LogP contribution in [0.2, 0.25) is 5.02 Å². The van der Waals surface area contributed by atoms with E-state index in [1.165, 1.54) is 16.7 Å². The summed E-state index contributed by atoms with van der Waals surface area (Å²) >= 11 is 7.63. The first kappa shape index (κ1) is 34.7. The van der Waals surface area contributed by atoms with Gasteiger partial charge in [-0.2, -0.15) is 0 Å². The summed E-state index contributed by atoms with van der Waals surface area (Å²) in [4.78, 5) is 30.5. The molecule has 0 bridgehead atoms.